The Kier molecular flexibility index (Phi) is 5.00. The zero-order chi connectivity index (χ0) is 16.3. The molecular weight excluding hydrogens is 287 g/mol. The fraction of sp³-hybridized carbons (Fsp3) is 0.500. The number of nitrogens with two attached hydrogens (primary N) is 1. The third kappa shape index (κ3) is 3.55. The Morgan fingerprint density at radius 3 is 2.73 bits per heavy atom. The molecule has 0 spiro atoms. The van der Waals surface area contributed by atoms with Crippen LogP contribution in [-0.4, -0.2) is 36.4 Å². The molecule has 1 heterocycles. The Morgan fingerprint density at radius 1 is 1.41 bits per heavy atom. The van der Waals surface area contributed by atoms with Crippen molar-refractivity contribution in [2.45, 2.75) is 32.2 Å². The minimum Gasteiger partial charge on any atom is -0.494 e. The maximum atomic E-state index is 13.7. The van der Waals surface area contributed by atoms with Gasteiger partial charge in [0, 0.05) is 12.6 Å². The number of ether oxygens (including phenoxy) is 1. The zero-order valence-corrected chi connectivity index (χ0v) is 12.8. The summed E-state index contributed by atoms with van der Waals surface area (Å²) in [6.45, 7) is 2.29. The number of hydrogen-bond acceptors (Lipinski definition) is 3. The van der Waals surface area contributed by atoms with Crippen LogP contribution in [0.5, 0.6) is 5.75 Å². The second-order valence-electron chi connectivity index (χ2n) is 5.72. The van der Waals surface area contributed by atoms with Crippen molar-refractivity contribution in [3.8, 4) is 5.75 Å². The average Bonchev–Trinajstić information content (AvgIpc) is 2.47. The first kappa shape index (κ1) is 16.3. The van der Waals surface area contributed by atoms with Gasteiger partial charge in [-0.1, -0.05) is 6.07 Å². The molecule has 2 amide bonds. The Balaban J connectivity index is 2.07. The fourth-order valence-corrected chi connectivity index (χ4v) is 2.78. The van der Waals surface area contributed by atoms with Gasteiger partial charge in [-0.05, 0) is 37.5 Å². The molecule has 0 bridgehead atoms. The highest BCUT2D eigenvalue weighted by atomic mass is 19.1. The number of amides is 2. The Morgan fingerprint density at radius 2 is 2.14 bits per heavy atom. The average molecular weight is 308 g/mol. The number of rotatable bonds is 4. The Hall–Kier alpha value is -2.11. The lowest BCUT2D eigenvalue weighted by Gasteiger charge is -2.37. The highest BCUT2D eigenvalue weighted by molar-refractivity contribution is 5.81. The summed E-state index contributed by atoms with van der Waals surface area (Å²) in [4.78, 5) is 25.4. The lowest BCUT2D eigenvalue weighted by Crippen LogP contribution is -2.49. The summed E-state index contributed by atoms with van der Waals surface area (Å²) < 4.78 is 18.5. The van der Waals surface area contributed by atoms with Crippen LogP contribution in [-0.2, 0) is 16.0 Å². The van der Waals surface area contributed by atoms with E-state index in [2.05, 4.69) is 0 Å². The molecule has 0 aliphatic carbocycles. The summed E-state index contributed by atoms with van der Waals surface area (Å²) in [7, 11) is 1.39. The van der Waals surface area contributed by atoms with Crippen molar-refractivity contribution in [1.82, 2.24) is 4.90 Å². The largest absolute Gasteiger partial charge is 0.494 e. The molecular formula is C16H21FN2O3. The van der Waals surface area contributed by atoms with Gasteiger partial charge in [0.25, 0.3) is 0 Å². The number of halogens is 1. The molecule has 5 nitrogen and oxygen atoms in total. The van der Waals surface area contributed by atoms with Crippen LogP contribution in [0.2, 0.25) is 0 Å². The lowest BCUT2D eigenvalue weighted by atomic mass is 9.92. The number of carbonyl (C=O) groups excluding carboxylic acids is 2. The molecule has 2 N–H and O–H groups in total. The van der Waals surface area contributed by atoms with Crippen LogP contribution < -0.4 is 10.5 Å². The van der Waals surface area contributed by atoms with Crippen molar-refractivity contribution in [2.75, 3.05) is 13.7 Å². The first-order valence-corrected chi connectivity index (χ1v) is 7.33. The second kappa shape index (κ2) is 6.77. The van der Waals surface area contributed by atoms with E-state index < -0.39 is 5.82 Å². The number of hydrogen-bond donors (Lipinski definition) is 1. The van der Waals surface area contributed by atoms with Gasteiger partial charge < -0.3 is 15.4 Å². The number of likely N-dealkylation sites (tertiary alicyclic amines) is 1. The van der Waals surface area contributed by atoms with E-state index in [-0.39, 0.29) is 35.9 Å². The molecule has 1 aromatic rings. The lowest BCUT2D eigenvalue weighted by molar-refractivity contribution is -0.136. The maximum absolute atomic E-state index is 13.7. The van der Waals surface area contributed by atoms with Crippen LogP contribution >= 0.6 is 0 Å². The summed E-state index contributed by atoms with van der Waals surface area (Å²) in [5.41, 5.74) is 5.92. The number of methoxy groups -OCH3 is 1. The second-order valence-corrected chi connectivity index (χ2v) is 5.72. The normalized spacial score (nSPS) is 21.5. The smallest absolute Gasteiger partial charge is 0.227 e. The van der Waals surface area contributed by atoms with Gasteiger partial charge in [-0.25, -0.2) is 4.39 Å². The van der Waals surface area contributed by atoms with E-state index in [4.69, 9.17) is 10.5 Å². The SMILES string of the molecule is COc1ccc(CC(=O)N2CC(C(N)=O)CCC2C)cc1F. The van der Waals surface area contributed by atoms with E-state index in [0.717, 1.165) is 6.42 Å². The molecule has 2 atom stereocenters. The molecule has 0 saturated carbocycles. The van der Waals surface area contributed by atoms with E-state index in [9.17, 15) is 14.0 Å². The van der Waals surface area contributed by atoms with Gasteiger partial charge in [0.05, 0.1) is 19.4 Å². The van der Waals surface area contributed by atoms with Gasteiger partial charge in [0.2, 0.25) is 11.8 Å². The highest BCUT2D eigenvalue weighted by Gasteiger charge is 2.31. The predicted molar refractivity (Wildman–Crippen MR) is 79.7 cm³/mol. The van der Waals surface area contributed by atoms with Gasteiger partial charge in [-0.2, -0.15) is 0 Å². The summed E-state index contributed by atoms with van der Waals surface area (Å²) >= 11 is 0. The molecule has 1 aliphatic heterocycles. The van der Waals surface area contributed by atoms with Crippen LogP contribution in [0.3, 0.4) is 0 Å². The van der Waals surface area contributed by atoms with Crippen molar-refractivity contribution in [3.05, 3.63) is 29.6 Å². The van der Waals surface area contributed by atoms with Gasteiger partial charge >= 0.3 is 0 Å². The number of carbonyl (C=O) groups is 2. The van der Waals surface area contributed by atoms with E-state index in [1.807, 2.05) is 6.92 Å². The van der Waals surface area contributed by atoms with Gasteiger partial charge in [0.1, 0.15) is 0 Å². The van der Waals surface area contributed by atoms with Crippen molar-refractivity contribution in [2.24, 2.45) is 11.7 Å². The Labute approximate surface area is 129 Å². The standard InChI is InChI=1S/C16H21FN2O3/c1-10-3-5-12(16(18)21)9-19(10)15(20)8-11-4-6-14(22-2)13(17)7-11/h4,6-7,10,12H,3,5,8-9H2,1-2H3,(H2,18,21). The van der Waals surface area contributed by atoms with E-state index in [0.29, 0.717) is 18.5 Å². The first-order valence-electron chi connectivity index (χ1n) is 7.33. The monoisotopic (exact) mass is 308 g/mol. The Bertz CT molecular complexity index is 577. The van der Waals surface area contributed by atoms with Crippen molar-refractivity contribution < 1.29 is 18.7 Å². The predicted octanol–water partition coefficient (Wildman–Crippen LogP) is 1.49. The van der Waals surface area contributed by atoms with E-state index in [1.165, 1.54) is 19.2 Å². The minimum absolute atomic E-state index is 0.0613. The number of nitrogens with zero attached hydrogens (tertiary/aromatic N) is 1. The number of primary amides is 1. The molecule has 22 heavy (non-hydrogen) atoms. The molecule has 1 fully saturated rings. The van der Waals surface area contributed by atoms with Crippen molar-refractivity contribution in [3.63, 3.8) is 0 Å². The molecule has 1 aromatic carbocycles. The van der Waals surface area contributed by atoms with E-state index >= 15 is 0 Å². The summed E-state index contributed by atoms with van der Waals surface area (Å²) in [6.07, 6.45) is 1.55. The summed E-state index contributed by atoms with van der Waals surface area (Å²) in [5, 5.41) is 0. The van der Waals surface area contributed by atoms with Crippen molar-refractivity contribution >= 4 is 11.8 Å². The highest BCUT2D eigenvalue weighted by Crippen LogP contribution is 2.23. The molecule has 1 aliphatic rings. The molecule has 2 unspecified atom stereocenters. The van der Waals surface area contributed by atoms with E-state index in [1.54, 1.807) is 11.0 Å². The van der Waals surface area contributed by atoms with Crippen LogP contribution in [0.4, 0.5) is 4.39 Å². The van der Waals surface area contributed by atoms with Crippen LogP contribution in [0, 0.1) is 11.7 Å². The maximum Gasteiger partial charge on any atom is 0.227 e. The van der Waals surface area contributed by atoms with Crippen LogP contribution in [0.15, 0.2) is 18.2 Å². The molecule has 2 rings (SSSR count). The molecule has 1 saturated heterocycles. The quantitative estimate of drug-likeness (QED) is 0.916. The first-order chi connectivity index (χ1) is 10.4. The van der Waals surface area contributed by atoms with Gasteiger partial charge in [-0.15, -0.1) is 0 Å². The van der Waals surface area contributed by atoms with Crippen LogP contribution in [0.1, 0.15) is 25.3 Å². The van der Waals surface area contributed by atoms with Crippen LogP contribution in [0.25, 0.3) is 0 Å². The molecule has 6 heteroatoms. The number of benzene rings is 1. The summed E-state index contributed by atoms with van der Waals surface area (Å²) in [6, 6.07) is 4.53. The zero-order valence-electron chi connectivity index (χ0n) is 12.8. The molecule has 0 aromatic heterocycles. The third-order valence-corrected chi connectivity index (χ3v) is 4.18. The minimum atomic E-state index is -0.491. The number of piperidine rings is 1. The summed E-state index contributed by atoms with van der Waals surface area (Å²) in [5.74, 6) is -1.14. The third-order valence-electron chi connectivity index (χ3n) is 4.18. The van der Waals surface area contributed by atoms with Crippen molar-refractivity contribution in [1.29, 1.82) is 0 Å². The van der Waals surface area contributed by atoms with Gasteiger partial charge in [0.15, 0.2) is 11.6 Å². The molecule has 120 valence electrons. The van der Waals surface area contributed by atoms with Gasteiger partial charge in [-0.3, -0.25) is 9.59 Å². The topological polar surface area (TPSA) is 72.6 Å². The fourth-order valence-electron chi connectivity index (χ4n) is 2.78. The molecule has 0 radical (unpaired) electrons.